The van der Waals surface area contributed by atoms with Crippen molar-refractivity contribution in [1.82, 2.24) is 0 Å². The zero-order chi connectivity index (χ0) is 25.7. The van der Waals surface area contributed by atoms with Crippen LogP contribution in [0.5, 0.6) is 5.75 Å². The molecule has 0 radical (unpaired) electrons. The van der Waals surface area contributed by atoms with Gasteiger partial charge in [-0.1, -0.05) is 29.3 Å². The Balaban J connectivity index is 1.29. The standard InChI is InChI=1S/C28H27ClN2O5/c1-15-7-9-20-21(11-15)27(34)31(26(20)33)23-10-8-19(12-16(23)2)36-28(35)18-13-25(32)30(14-18)24-6-4-5-22(29)17(24)3/h4-8,10,12,18,20-21H,9,11,13-14H2,1-3H3/t18-,20+,21+/m1/s1. The third kappa shape index (κ3) is 4.11. The van der Waals surface area contributed by atoms with Gasteiger partial charge in [0.2, 0.25) is 17.7 Å². The molecule has 2 aliphatic heterocycles. The van der Waals surface area contributed by atoms with Crippen molar-refractivity contribution in [1.29, 1.82) is 0 Å². The van der Waals surface area contributed by atoms with Crippen LogP contribution in [0.1, 0.15) is 37.3 Å². The number of amides is 3. The van der Waals surface area contributed by atoms with Crippen LogP contribution >= 0.6 is 11.6 Å². The summed E-state index contributed by atoms with van der Waals surface area (Å²) in [5, 5.41) is 0.558. The van der Waals surface area contributed by atoms with Gasteiger partial charge in [-0.2, -0.15) is 0 Å². The third-order valence-corrected chi connectivity index (χ3v) is 7.85. The Morgan fingerprint density at radius 1 is 0.972 bits per heavy atom. The van der Waals surface area contributed by atoms with E-state index in [2.05, 4.69) is 0 Å². The summed E-state index contributed by atoms with van der Waals surface area (Å²) in [5.74, 6) is -1.95. The first kappa shape index (κ1) is 24.3. The maximum absolute atomic E-state index is 13.1. The minimum atomic E-state index is -0.614. The first-order valence-electron chi connectivity index (χ1n) is 12.1. The highest BCUT2D eigenvalue weighted by atomic mass is 35.5. The van der Waals surface area contributed by atoms with Gasteiger partial charge in [-0.25, -0.2) is 4.90 Å². The van der Waals surface area contributed by atoms with Gasteiger partial charge in [0.15, 0.2) is 0 Å². The Labute approximate surface area is 214 Å². The molecule has 0 unspecified atom stereocenters. The summed E-state index contributed by atoms with van der Waals surface area (Å²) in [7, 11) is 0. The smallest absolute Gasteiger partial charge is 0.316 e. The Bertz CT molecular complexity index is 1330. The topological polar surface area (TPSA) is 84.0 Å². The molecule has 2 heterocycles. The second kappa shape index (κ2) is 9.21. The van der Waals surface area contributed by atoms with Crippen molar-refractivity contribution in [3.05, 3.63) is 64.2 Å². The molecule has 8 heteroatoms. The number of aryl methyl sites for hydroxylation is 1. The van der Waals surface area contributed by atoms with Gasteiger partial charge in [0.05, 0.1) is 23.4 Å². The highest BCUT2D eigenvalue weighted by molar-refractivity contribution is 6.31. The van der Waals surface area contributed by atoms with Gasteiger partial charge in [-0.3, -0.25) is 19.2 Å². The minimum Gasteiger partial charge on any atom is -0.426 e. The van der Waals surface area contributed by atoms with Crippen LogP contribution in [-0.2, 0) is 19.2 Å². The lowest BCUT2D eigenvalue weighted by molar-refractivity contribution is -0.139. The van der Waals surface area contributed by atoms with Gasteiger partial charge >= 0.3 is 5.97 Å². The zero-order valence-corrected chi connectivity index (χ0v) is 21.2. The predicted octanol–water partition coefficient (Wildman–Crippen LogP) is 4.76. The zero-order valence-electron chi connectivity index (χ0n) is 20.4. The number of imide groups is 1. The lowest BCUT2D eigenvalue weighted by Crippen LogP contribution is -2.31. The lowest BCUT2D eigenvalue weighted by atomic mass is 9.82. The van der Waals surface area contributed by atoms with E-state index in [1.165, 1.54) is 4.90 Å². The maximum atomic E-state index is 13.1. The molecule has 7 nitrogen and oxygen atoms in total. The van der Waals surface area contributed by atoms with Crippen molar-refractivity contribution >= 4 is 46.7 Å². The van der Waals surface area contributed by atoms with Gasteiger partial charge in [-0.05, 0) is 75.1 Å². The predicted molar refractivity (Wildman–Crippen MR) is 136 cm³/mol. The molecule has 2 fully saturated rings. The van der Waals surface area contributed by atoms with Gasteiger partial charge in [0.25, 0.3) is 0 Å². The van der Waals surface area contributed by atoms with E-state index in [4.69, 9.17) is 16.3 Å². The average molecular weight is 507 g/mol. The Hall–Kier alpha value is -3.45. The van der Waals surface area contributed by atoms with E-state index in [1.807, 2.05) is 26.0 Å². The number of allylic oxidation sites excluding steroid dienone is 2. The van der Waals surface area contributed by atoms with Crippen LogP contribution in [0.25, 0.3) is 0 Å². The number of nitrogens with zero attached hydrogens (tertiary/aromatic N) is 2. The van der Waals surface area contributed by atoms with Crippen molar-refractivity contribution in [3.8, 4) is 5.75 Å². The first-order chi connectivity index (χ1) is 17.2. The van der Waals surface area contributed by atoms with Crippen LogP contribution in [0, 0.1) is 31.6 Å². The number of hydrogen-bond acceptors (Lipinski definition) is 5. The van der Waals surface area contributed by atoms with Crippen LogP contribution in [0.3, 0.4) is 0 Å². The van der Waals surface area contributed by atoms with Crippen molar-refractivity contribution in [2.24, 2.45) is 17.8 Å². The van der Waals surface area contributed by atoms with Crippen LogP contribution in [0.4, 0.5) is 11.4 Å². The quantitative estimate of drug-likeness (QED) is 0.258. The SMILES string of the molecule is CC1=CC[C@@H]2C(=O)N(c3ccc(OC(=O)[C@@H]4CC(=O)N(c5cccc(Cl)c5C)C4)cc3C)C(=O)[C@H]2C1. The number of esters is 1. The van der Waals surface area contributed by atoms with Crippen molar-refractivity contribution in [3.63, 3.8) is 0 Å². The summed E-state index contributed by atoms with van der Waals surface area (Å²) in [6.45, 7) is 5.81. The van der Waals surface area contributed by atoms with Gasteiger partial charge < -0.3 is 9.64 Å². The second-order valence-electron chi connectivity index (χ2n) is 9.87. The largest absolute Gasteiger partial charge is 0.426 e. The number of carbonyl (C=O) groups excluding carboxylic acids is 4. The minimum absolute atomic E-state index is 0.0505. The van der Waals surface area contributed by atoms with Crippen LogP contribution < -0.4 is 14.5 Å². The number of carbonyl (C=O) groups is 4. The summed E-state index contributed by atoms with van der Waals surface area (Å²) < 4.78 is 5.61. The number of rotatable bonds is 4. The first-order valence-corrected chi connectivity index (χ1v) is 12.4. The molecule has 2 aromatic carbocycles. The fraction of sp³-hybridized carbons (Fsp3) is 0.357. The fourth-order valence-corrected chi connectivity index (χ4v) is 5.57. The van der Waals surface area contributed by atoms with Crippen molar-refractivity contribution in [2.75, 3.05) is 16.3 Å². The number of hydrogen-bond donors (Lipinski definition) is 0. The second-order valence-corrected chi connectivity index (χ2v) is 10.3. The fourth-order valence-electron chi connectivity index (χ4n) is 5.40. The molecular weight excluding hydrogens is 480 g/mol. The van der Waals surface area contributed by atoms with Gasteiger partial charge in [0.1, 0.15) is 5.75 Å². The van der Waals surface area contributed by atoms with Crippen LogP contribution in [0.15, 0.2) is 48.0 Å². The van der Waals surface area contributed by atoms with E-state index >= 15 is 0 Å². The summed E-state index contributed by atoms with van der Waals surface area (Å²) in [6, 6.07) is 10.2. The summed E-state index contributed by atoms with van der Waals surface area (Å²) in [5.41, 5.74) is 3.77. The molecule has 3 aliphatic rings. The van der Waals surface area contributed by atoms with Crippen LogP contribution in [0.2, 0.25) is 5.02 Å². The van der Waals surface area contributed by atoms with Crippen molar-refractivity contribution in [2.45, 2.75) is 40.0 Å². The summed E-state index contributed by atoms with van der Waals surface area (Å²) in [4.78, 5) is 54.5. The molecule has 0 saturated carbocycles. The molecule has 0 spiro atoms. The maximum Gasteiger partial charge on any atom is 0.316 e. The number of anilines is 2. The number of fused-ring (bicyclic) bond motifs is 1. The highest BCUT2D eigenvalue weighted by Crippen LogP contribution is 2.41. The molecule has 1 aliphatic carbocycles. The number of benzene rings is 2. The van der Waals surface area contributed by atoms with Crippen molar-refractivity contribution < 1.29 is 23.9 Å². The van der Waals surface area contributed by atoms with E-state index in [9.17, 15) is 19.2 Å². The number of halogens is 1. The van der Waals surface area contributed by atoms with E-state index < -0.39 is 11.9 Å². The molecule has 0 bridgehead atoms. The molecule has 36 heavy (non-hydrogen) atoms. The Morgan fingerprint density at radius 3 is 2.47 bits per heavy atom. The molecule has 186 valence electrons. The monoisotopic (exact) mass is 506 g/mol. The molecule has 5 rings (SSSR count). The Kier molecular flexibility index (Phi) is 6.20. The van der Waals surface area contributed by atoms with E-state index in [0.717, 1.165) is 11.1 Å². The Morgan fingerprint density at radius 2 is 1.72 bits per heavy atom. The third-order valence-electron chi connectivity index (χ3n) is 7.44. The van der Waals surface area contributed by atoms with E-state index in [0.29, 0.717) is 40.6 Å². The van der Waals surface area contributed by atoms with Gasteiger partial charge in [0, 0.05) is 23.7 Å². The molecule has 3 atom stereocenters. The molecule has 2 saturated heterocycles. The molecule has 2 aromatic rings. The lowest BCUT2D eigenvalue weighted by Gasteiger charge is -2.20. The van der Waals surface area contributed by atoms with E-state index in [-0.39, 0.29) is 42.5 Å². The van der Waals surface area contributed by atoms with Gasteiger partial charge in [-0.15, -0.1) is 0 Å². The highest BCUT2D eigenvalue weighted by Gasteiger charge is 2.49. The average Bonchev–Trinajstić information content (AvgIpc) is 3.33. The van der Waals surface area contributed by atoms with Crippen LogP contribution in [-0.4, -0.2) is 30.2 Å². The molecule has 0 N–H and O–H groups in total. The number of ether oxygens (including phenoxy) is 1. The van der Waals surface area contributed by atoms with E-state index in [1.54, 1.807) is 42.2 Å². The molecular formula is C28H27ClN2O5. The molecule has 3 amide bonds. The summed E-state index contributed by atoms with van der Waals surface area (Å²) in [6.07, 6.45) is 3.27. The normalized spacial score (nSPS) is 23.7. The molecule has 0 aromatic heterocycles. The summed E-state index contributed by atoms with van der Waals surface area (Å²) >= 11 is 6.20.